The molecule has 0 aromatic heterocycles. The molecule has 0 heterocycles. The van der Waals surface area contributed by atoms with Gasteiger partial charge in [-0.05, 0) is 31.2 Å². The number of benzene rings is 1. The molecule has 0 aliphatic heterocycles. The van der Waals surface area contributed by atoms with Crippen molar-refractivity contribution < 1.29 is 13.6 Å². The third-order valence-corrected chi connectivity index (χ3v) is 3.37. The smallest absolute Gasteiger partial charge is 0.288 e. The van der Waals surface area contributed by atoms with Crippen molar-refractivity contribution in [3.63, 3.8) is 0 Å². The predicted molar refractivity (Wildman–Crippen MR) is 68.9 cm³/mol. The summed E-state index contributed by atoms with van der Waals surface area (Å²) in [4.78, 5) is 14.0. The Bertz CT molecular complexity index is 398. The number of nitrogens with two attached hydrogens (primary N) is 1. The van der Waals surface area contributed by atoms with Crippen LogP contribution in [0.3, 0.4) is 0 Å². The van der Waals surface area contributed by atoms with Gasteiger partial charge < -0.3 is 10.6 Å². The summed E-state index contributed by atoms with van der Waals surface area (Å²) >= 11 is 0.460. The highest BCUT2D eigenvalue weighted by Gasteiger charge is 2.16. The second-order valence-corrected chi connectivity index (χ2v) is 4.97. The molecule has 0 spiro atoms. The van der Waals surface area contributed by atoms with Crippen molar-refractivity contribution >= 4 is 17.7 Å². The zero-order valence-corrected chi connectivity index (χ0v) is 11.1. The Morgan fingerprint density at radius 2 is 1.94 bits per heavy atom. The molecule has 0 bridgehead atoms. The zero-order chi connectivity index (χ0) is 13.7. The van der Waals surface area contributed by atoms with Gasteiger partial charge in [0, 0.05) is 30.1 Å². The maximum Gasteiger partial charge on any atom is 0.288 e. The van der Waals surface area contributed by atoms with Crippen molar-refractivity contribution in [2.24, 2.45) is 5.73 Å². The van der Waals surface area contributed by atoms with Crippen LogP contribution in [-0.2, 0) is 0 Å². The molecule has 3 nitrogen and oxygen atoms in total. The van der Waals surface area contributed by atoms with Crippen LogP contribution in [0.25, 0.3) is 0 Å². The third-order valence-electron chi connectivity index (χ3n) is 2.65. The van der Waals surface area contributed by atoms with Gasteiger partial charge in [-0.1, -0.05) is 11.8 Å². The van der Waals surface area contributed by atoms with E-state index in [-0.39, 0.29) is 11.9 Å². The fourth-order valence-electron chi connectivity index (χ4n) is 1.34. The van der Waals surface area contributed by atoms with Crippen molar-refractivity contribution in [1.29, 1.82) is 0 Å². The lowest BCUT2D eigenvalue weighted by atomic mass is 10.2. The van der Waals surface area contributed by atoms with Gasteiger partial charge in [0.2, 0.25) is 0 Å². The van der Waals surface area contributed by atoms with E-state index in [0.717, 1.165) is 0 Å². The van der Waals surface area contributed by atoms with E-state index in [0.29, 0.717) is 28.8 Å². The second-order valence-electron chi connectivity index (χ2n) is 3.90. The van der Waals surface area contributed by atoms with Gasteiger partial charge in [-0.3, -0.25) is 4.79 Å². The van der Waals surface area contributed by atoms with E-state index in [1.807, 2.05) is 6.92 Å². The van der Waals surface area contributed by atoms with E-state index in [1.54, 1.807) is 19.2 Å². The lowest BCUT2D eigenvalue weighted by Crippen LogP contribution is -2.39. The summed E-state index contributed by atoms with van der Waals surface area (Å²) in [5, 5.41) is 0. The second kappa shape index (κ2) is 6.70. The van der Waals surface area contributed by atoms with Crippen molar-refractivity contribution in [2.75, 3.05) is 13.6 Å². The minimum Gasteiger partial charge on any atom is -0.338 e. The normalized spacial score (nSPS) is 12.6. The molecule has 1 amide bonds. The predicted octanol–water partition coefficient (Wildman–Crippen LogP) is 2.42. The minimum atomic E-state index is -2.45. The molecule has 1 rings (SSSR count). The number of rotatable bonds is 5. The number of halogens is 2. The van der Waals surface area contributed by atoms with Gasteiger partial charge >= 0.3 is 0 Å². The van der Waals surface area contributed by atoms with Crippen LogP contribution in [0.2, 0.25) is 0 Å². The Labute approximate surface area is 109 Å². The zero-order valence-electron chi connectivity index (χ0n) is 10.3. The molecule has 0 aliphatic carbocycles. The van der Waals surface area contributed by atoms with Crippen LogP contribution in [0.15, 0.2) is 29.2 Å². The Balaban J connectivity index is 2.75. The van der Waals surface area contributed by atoms with Gasteiger partial charge in [-0.2, -0.15) is 8.78 Å². The van der Waals surface area contributed by atoms with E-state index in [2.05, 4.69) is 0 Å². The van der Waals surface area contributed by atoms with Crippen molar-refractivity contribution in [3.05, 3.63) is 29.8 Å². The van der Waals surface area contributed by atoms with E-state index >= 15 is 0 Å². The summed E-state index contributed by atoms with van der Waals surface area (Å²) in [7, 11) is 1.67. The Hall–Kier alpha value is -1.14. The lowest BCUT2D eigenvalue weighted by Gasteiger charge is -2.23. The number of carbonyl (C=O) groups excluding carboxylic acids is 1. The fourth-order valence-corrected chi connectivity index (χ4v) is 1.84. The highest BCUT2D eigenvalue weighted by Crippen LogP contribution is 2.25. The number of likely N-dealkylation sites (N-methyl/N-ethyl adjacent to an activating group) is 1. The van der Waals surface area contributed by atoms with Crippen molar-refractivity contribution in [2.45, 2.75) is 23.6 Å². The molecule has 0 saturated heterocycles. The Morgan fingerprint density at radius 3 is 2.39 bits per heavy atom. The lowest BCUT2D eigenvalue weighted by molar-refractivity contribution is 0.0748. The number of alkyl halides is 2. The molecular formula is C12H16F2N2OS. The Kier molecular flexibility index (Phi) is 5.55. The topological polar surface area (TPSA) is 46.3 Å². The standard InChI is InChI=1S/C12H16F2N2OS/c1-8(7-15)16(2)11(17)9-3-5-10(6-4-9)18-12(13)14/h3-6,8,12H,7,15H2,1-2H3. The highest BCUT2D eigenvalue weighted by molar-refractivity contribution is 7.99. The summed E-state index contributed by atoms with van der Waals surface area (Å²) in [5.41, 5.74) is 5.96. The first-order valence-electron chi connectivity index (χ1n) is 5.47. The quantitative estimate of drug-likeness (QED) is 0.839. The number of hydrogen-bond donors (Lipinski definition) is 1. The van der Waals surface area contributed by atoms with Crippen molar-refractivity contribution in [3.8, 4) is 0 Å². The van der Waals surface area contributed by atoms with Gasteiger partial charge in [0.05, 0.1) is 0 Å². The first-order valence-corrected chi connectivity index (χ1v) is 6.35. The van der Waals surface area contributed by atoms with Crippen LogP contribution >= 0.6 is 11.8 Å². The summed E-state index contributed by atoms with van der Waals surface area (Å²) in [5.74, 6) is -2.62. The summed E-state index contributed by atoms with van der Waals surface area (Å²) in [6.07, 6.45) is 0. The largest absolute Gasteiger partial charge is 0.338 e. The van der Waals surface area contributed by atoms with E-state index < -0.39 is 5.76 Å². The van der Waals surface area contributed by atoms with Crippen LogP contribution in [0.1, 0.15) is 17.3 Å². The summed E-state index contributed by atoms with van der Waals surface area (Å²) in [6, 6.07) is 6.07. The first-order chi connectivity index (χ1) is 8.45. The molecule has 6 heteroatoms. The number of carbonyl (C=O) groups is 1. The molecular weight excluding hydrogens is 258 g/mol. The molecule has 100 valence electrons. The Morgan fingerprint density at radius 1 is 1.39 bits per heavy atom. The van der Waals surface area contributed by atoms with Gasteiger partial charge in [-0.15, -0.1) is 0 Å². The van der Waals surface area contributed by atoms with E-state index in [4.69, 9.17) is 5.73 Å². The van der Waals surface area contributed by atoms with E-state index in [1.165, 1.54) is 17.0 Å². The highest BCUT2D eigenvalue weighted by atomic mass is 32.2. The SMILES string of the molecule is CC(CN)N(C)C(=O)c1ccc(SC(F)F)cc1. The molecule has 0 saturated carbocycles. The van der Waals surface area contributed by atoms with Crippen LogP contribution in [-0.4, -0.2) is 36.2 Å². The van der Waals surface area contributed by atoms with Gasteiger partial charge in [0.25, 0.3) is 11.7 Å². The monoisotopic (exact) mass is 274 g/mol. The van der Waals surface area contributed by atoms with Crippen LogP contribution < -0.4 is 5.73 Å². The average Bonchev–Trinajstić information content (AvgIpc) is 2.36. The maximum atomic E-state index is 12.1. The molecule has 1 unspecified atom stereocenters. The molecule has 0 radical (unpaired) electrons. The van der Waals surface area contributed by atoms with Crippen molar-refractivity contribution in [1.82, 2.24) is 4.90 Å². The van der Waals surface area contributed by atoms with Gasteiger partial charge in [0.15, 0.2) is 0 Å². The molecule has 18 heavy (non-hydrogen) atoms. The molecule has 1 atom stereocenters. The van der Waals surface area contributed by atoms with Gasteiger partial charge in [0.1, 0.15) is 0 Å². The number of hydrogen-bond acceptors (Lipinski definition) is 3. The summed E-state index contributed by atoms with van der Waals surface area (Å²) in [6.45, 7) is 2.22. The molecule has 0 aliphatic rings. The van der Waals surface area contributed by atoms with Crippen LogP contribution in [0.4, 0.5) is 8.78 Å². The number of nitrogens with zero attached hydrogens (tertiary/aromatic N) is 1. The maximum absolute atomic E-state index is 12.1. The molecule has 2 N–H and O–H groups in total. The van der Waals surface area contributed by atoms with E-state index in [9.17, 15) is 13.6 Å². The average molecular weight is 274 g/mol. The minimum absolute atomic E-state index is 0.0624. The molecule has 0 fully saturated rings. The number of thioether (sulfide) groups is 1. The fraction of sp³-hybridized carbons (Fsp3) is 0.417. The first kappa shape index (κ1) is 14.9. The van der Waals surface area contributed by atoms with Crippen LogP contribution in [0.5, 0.6) is 0 Å². The van der Waals surface area contributed by atoms with Gasteiger partial charge in [-0.25, -0.2) is 0 Å². The number of amides is 1. The van der Waals surface area contributed by atoms with Crippen LogP contribution in [0, 0.1) is 0 Å². The molecule has 1 aromatic carbocycles. The third kappa shape index (κ3) is 3.96. The summed E-state index contributed by atoms with van der Waals surface area (Å²) < 4.78 is 24.3. The molecule has 1 aromatic rings.